The van der Waals surface area contributed by atoms with Crippen molar-refractivity contribution in [1.82, 2.24) is 0 Å². The van der Waals surface area contributed by atoms with Crippen LogP contribution in [0.2, 0.25) is 0 Å². The van der Waals surface area contributed by atoms with Gasteiger partial charge in [0.25, 0.3) is 0 Å². The second-order valence-electron chi connectivity index (χ2n) is 9.07. The van der Waals surface area contributed by atoms with Gasteiger partial charge in [0.1, 0.15) is 0 Å². The van der Waals surface area contributed by atoms with Gasteiger partial charge in [-0.2, -0.15) is 0 Å². The molecule has 40 heavy (non-hydrogen) atoms. The maximum atomic E-state index is 12.9. The van der Waals surface area contributed by atoms with Gasteiger partial charge in [0.2, 0.25) is 0 Å². The fraction of sp³-hybridized carbons (Fsp3) is 0.375. The average molecular weight is 547 g/mol. The number of nitrogens with zero attached hydrogens (tertiary/aromatic N) is 2. The Kier molecular flexibility index (Phi) is 11.2. The van der Waals surface area contributed by atoms with Crippen LogP contribution in [0.25, 0.3) is 0 Å². The van der Waals surface area contributed by atoms with E-state index >= 15 is 0 Å². The van der Waals surface area contributed by atoms with E-state index in [4.69, 9.17) is 9.47 Å². The SMILES string of the molecule is CCOC(=O)c1cc(Nc2ccc(N(CC)CC)cc2)c(Nc2ccc(N(CC)CC)cc2)cc1C(=O)OCC. The molecule has 0 aliphatic rings. The minimum absolute atomic E-state index is 0.144. The number of esters is 2. The van der Waals surface area contributed by atoms with Gasteiger partial charge in [0, 0.05) is 48.9 Å². The third-order valence-corrected chi connectivity index (χ3v) is 6.70. The summed E-state index contributed by atoms with van der Waals surface area (Å²) in [5.74, 6) is -1.17. The molecule has 0 saturated heterocycles. The van der Waals surface area contributed by atoms with Crippen molar-refractivity contribution in [3.8, 4) is 0 Å². The smallest absolute Gasteiger partial charge is 0.339 e. The molecule has 8 nitrogen and oxygen atoms in total. The summed E-state index contributed by atoms with van der Waals surface area (Å²) < 4.78 is 10.6. The quantitative estimate of drug-likeness (QED) is 0.205. The van der Waals surface area contributed by atoms with E-state index < -0.39 is 11.9 Å². The molecule has 0 unspecified atom stereocenters. The van der Waals surface area contributed by atoms with Gasteiger partial charge >= 0.3 is 11.9 Å². The number of anilines is 6. The van der Waals surface area contributed by atoms with Gasteiger partial charge in [-0.1, -0.05) is 0 Å². The van der Waals surface area contributed by atoms with E-state index in [1.165, 1.54) is 0 Å². The lowest BCUT2D eigenvalue weighted by atomic mass is 10.0. The van der Waals surface area contributed by atoms with E-state index in [0.29, 0.717) is 11.4 Å². The Morgan fingerprint density at radius 1 is 0.575 bits per heavy atom. The molecule has 2 N–H and O–H groups in total. The van der Waals surface area contributed by atoms with Crippen LogP contribution >= 0.6 is 0 Å². The van der Waals surface area contributed by atoms with Crippen LogP contribution < -0.4 is 20.4 Å². The molecular weight excluding hydrogens is 504 g/mol. The molecule has 0 bridgehead atoms. The van der Waals surface area contributed by atoms with Crippen LogP contribution in [0.5, 0.6) is 0 Å². The maximum absolute atomic E-state index is 12.9. The van der Waals surface area contributed by atoms with Crippen LogP contribution in [-0.2, 0) is 9.47 Å². The van der Waals surface area contributed by atoms with E-state index in [0.717, 1.165) is 48.9 Å². The Hall–Kier alpha value is -4.20. The first-order valence-corrected chi connectivity index (χ1v) is 14.1. The second-order valence-corrected chi connectivity index (χ2v) is 9.07. The Morgan fingerprint density at radius 2 is 0.900 bits per heavy atom. The van der Waals surface area contributed by atoms with E-state index in [1.54, 1.807) is 26.0 Å². The molecule has 0 aliphatic carbocycles. The zero-order chi connectivity index (χ0) is 29.1. The molecular formula is C32H42N4O4. The summed E-state index contributed by atoms with van der Waals surface area (Å²) in [5, 5.41) is 6.86. The number of hydrogen-bond acceptors (Lipinski definition) is 8. The second kappa shape index (κ2) is 14.8. The van der Waals surface area contributed by atoms with Crippen LogP contribution in [0.1, 0.15) is 62.3 Å². The molecule has 0 amide bonds. The monoisotopic (exact) mass is 546 g/mol. The van der Waals surface area contributed by atoms with Crippen molar-refractivity contribution >= 4 is 46.1 Å². The average Bonchev–Trinajstić information content (AvgIpc) is 2.97. The fourth-order valence-electron chi connectivity index (χ4n) is 4.56. The van der Waals surface area contributed by atoms with Crippen molar-refractivity contribution in [3.63, 3.8) is 0 Å². The number of benzene rings is 3. The lowest BCUT2D eigenvalue weighted by Gasteiger charge is -2.22. The first kappa shape index (κ1) is 30.3. The number of hydrogen-bond donors (Lipinski definition) is 2. The summed E-state index contributed by atoms with van der Waals surface area (Å²) in [6, 6.07) is 19.5. The molecule has 0 aromatic heterocycles. The fourth-order valence-corrected chi connectivity index (χ4v) is 4.56. The predicted octanol–water partition coefficient (Wildman–Crippen LogP) is 7.22. The van der Waals surface area contributed by atoms with Crippen LogP contribution in [-0.4, -0.2) is 51.3 Å². The minimum Gasteiger partial charge on any atom is -0.462 e. The van der Waals surface area contributed by atoms with Gasteiger partial charge in [0.05, 0.1) is 35.7 Å². The highest BCUT2D eigenvalue weighted by atomic mass is 16.5. The van der Waals surface area contributed by atoms with Gasteiger partial charge in [-0.25, -0.2) is 9.59 Å². The van der Waals surface area contributed by atoms with Crippen molar-refractivity contribution < 1.29 is 19.1 Å². The zero-order valence-corrected chi connectivity index (χ0v) is 24.5. The highest BCUT2D eigenvalue weighted by Gasteiger charge is 2.23. The van der Waals surface area contributed by atoms with Gasteiger partial charge in [-0.3, -0.25) is 0 Å². The van der Waals surface area contributed by atoms with Crippen molar-refractivity contribution in [1.29, 1.82) is 0 Å². The summed E-state index contributed by atoms with van der Waals surface area (Å²) in [6.07, 6.45) is 0. The largest absolute Gasteiger partial charge is 0.462 e. The van der Waals surface area contributed by atoms with Gasteiger partial charge < -0.3 is 29.9 Å². The van der Waals surface area contributed by atoms with Crippen molar-refractivity contribution in [2.24, 2.45) is 0 Å². The van der Waals surface area contributed by atoms with Crippen molar-refractivity contribution in [2.45, 2.75) is 41.5 Å². The van der Waals surface area contributed by atoms with E-state index in [2.05, 4.69) is 72.4 Å². The highest BCUT2D eigenvalue weighted by Crippen LogP contribution is 2.34. The normalized spacial score (nSPS) is 10.6. The number of carbonyl (C=O) groups excluding carboxylic acids is 2. The van der Waals surface area contributed by atoms with Gasteiger partial charge in [-0.05, 0) is 102 Å². The lowest BCUT2D eigenvalue weighted by molar-refractivity contribution is 0.0479. The van der Waals surface area contributed by atoms with Gasteiger partial charge in [0.15, 0.2) is 0 Å². The molecule has 0 aliphatic heterocycles. The first-order chi connectivity index (χ1) is 19.4. The first-order valence-electron chi connectivity index (χ1n) is 14.1. The summed E-state index contributed by atoms with van der Waals surface area (Å²) in [5.41, 5.74) is 5.48. The molecule has 0 heterocycles. The molecule has 214 valence electrons. The summed E-state index contributed by atoms with van der Waals surface area (Å²) in [7, 11) is 0. The molecule has 0 fully saturated rings. The Morgan fingerprint density at radius 3 is 1.18 bits per heavy atom. The van der Waals surface area contributed by atoms with E-state index in [-0.39, 0.29) is 24.3 Å². The Bertz CT molecular complexity index is 1150. The zero-order valence-electron chi connectivity index (χ0n) is 24.5. The topological polar surface area (TPSA) is 83.1 Å². The molecule has 8 heteroatoms. The molecule has 0 radical (unpaired) electrons. The summed E-state index contributed by atoms with van der Waals surface area (Å²) in [4.78, 5) is 30.3. The lowest BCUT2D eigenvalue weighted by Crippen LogP contribution is -2.21. The molecule has 0 saturated carbocycles. The van der Waals surface area contributed by atoms with E-state index in [1.807, 2.05) is 24.3 Å². The molecule has 3 rings (SSSR count). The van der Waals surface area contributed by atoms with Crippen LogP contribution in [0.15, 0.2) is 60.7 Å². The molecule has 3 aromatic carbocycles. The minimum atomic E-state index is -0.583. The van der Waals surface area contributed by atoms with Crippen molar-refractivity contribution in [3.05, 3.63) is 71.8 Å². The third-order valence-electron chi connectivity index (χ3n) is 6.70. The standard InChI is InChI=1S/C32H42N4O4/c1-7-35(8-2)25-17-13-23(14-18-25)33-29-21-27(31(37)39-11-5)28(32(38)40-12-6)22-30(29)34-24-15-19-26(20-16-24)36(9-3)10-4/h13-22,33-34H,7-12H2,1-6H3. The highest BCUT2D eigenvalue weighted by molar-refractivity contribution is 6.06. The van der Waals surface area contributed by atoms with Crippen LogP contribution in [0.3, 0.4) is 0 Å². The summed E-state index contributed by atoms with van der Waals surface area (Å²) in [6.45, 7) is 16.0. The Balaban J connectivity index is 2.06. The van der Waals surface area contributed by atoms with E-state index in [9.17, 15) is 9.59 Å². The number of ether oxygens (including phenoxy) is 2. The predicted molar refractivity (Wildman–Crippen MR) is 165 cm³/mol. The van der Waals surface area contributed by atoms with Crippen molar-refractivity contribution in [2.75, 3.05) is 59.8 Å². The summed E-state index contributed by atoms with van der Waals surface area (Å²) >= 11 is 0. The molecule has 0 spiro atoms. The van der Waals surface area contributed by atoms with Gasteiger partial charge in [-0.15, -0.1) is 0 Å². The molecule has 0 atom stereocenters. The number of nitrogens with one attached hydrogen (secondary N) is 2. The van der Waals surface area contributed by atoms with Crippen LogP contribution in [0.4, 0.5) is 34.1 Å². The van der Waals surface area contributed by atoms with Crippen LogP contribution in [0, 0.1) is 0 Å². The Labute approximate surface area is 238 Å². The molecule has 3 aromatic rings. The number of carbonyl (C=O) groups is 2. The number of rotatable bonds is 14. The maximum Gasteiger partial charge on any atom is 0.339 e. The third kappa shape index (κ3) is 7.46.